The molecular formula is C20H18FN3O4. The lowest BCUT2D eigenvalue weighted by Crippen LogP contribution is -2.35. The molecule has 3 N–H and O–H groups in total. The molecule has 3 aromatic rings. The van der Waals surface area contributed by atoms with Crippen LogP contribution in [0.4, 0.5) is 27.1 Å². The number of aromatic hydroxyl groups is 1. The van der Waals surface area contributed by atoms with Crippen LogP contribution in [0.1, 0.15) is 15.9 Å². The monoisotopic (exact) mass is 383 g/mol. The molecule has 0 fully saturated rings. The predicted molar refractivity (Wildman–Crippen MR) is 105 cm³/mol. The SMILES string of the molecule is Cc1cc(F)cc(Nc2c(Nc3cccc(C(=O)N(C)C)c3O)c(=O)c2=O)c1. The van der Waals surface area contributed by atoms with Crippen molar-refractivity contribution in [2.24, 2.45) is 0 Å². The van der Waals surface area contributed by atoms with Gasteiger partial charge in [-0.3, -0.25) is 14.4 Å². The van der Waals surface area contributed by atoms with Crippen LogP contribution in [0.15, 0.2) is 46.0 Å². The smallest absolute Gasteiger partial charge is 0.257 e. The van der Waals surface area contributed by atoms with E-state index in [1.54, 1.807) is 27.1 Å². The summed E-state index contributed by atoms with van der Waals surface area (Å²) in [6.45, 7) is 1.70. The number of phenolic OH excluding ortho intramolecular Hbond substituents is 1. The van der Waals surface area contributed by atoms with Crippen molar-refractivity contribution in [3.63, 3.8) is 0 Å². The van der Waals surface area contributed by atoms with Crippen molar-refractivity contribution in [2.75, 3.05) is 24.7 Å². The van der Waals surface area contributed by atoms with Gasteiger partial charge in [0.1, 0.15) is 17.2 Å². The number of hydrogen-bond donors (Lipinski definition) is 3. The van der Waals surface area contributed by atoms with Crippen molar-refractivity contribution in [3.05, 3.63) is 73.8 Å². The number of halogens is 1. The third-order valence-corrected chi connectivity index (χ3v) is 4.15. The second kappa shape index (κ2) is 7.15. The van der Waals surface area contributed by atoms with Crippen LogP contribution in [0.2, 0.25) is 0 Å². The molecule has 3 aromatic carbocycles. The fourth-order valence-corrected chi connectivity index (χ4v) is 2.78. The highest BCUT2D eigenvalue weighted by molar-refractivity contribution is 5.99. The number of hydrogen-bond acceptors (Lipinski definition) is 6. The van der Waals surface area contributed by atoms with Crippen LogP contribution >= 0.6 is 0 Å². The summed E-state index contributed by atoms with van der Waals surface area (Å²) >= 11 is 0. The van der Waals surface area contributed by atoms with E-state index in [0.29, 0.717) is 11.3 Å². The first-order valence-electron chi connectivity index (χ1n) is 8.37. The van der Waals surface area contributed by atoms with E-state index in [1.165, 1.54) is 35.2 Å². The molecule has 0 radical (unpaired) electrons. The number of carbonyl (C=O) groups is 1. The number of rotatable bonds is 5. The Labute approximate surface area is 159 Å². The van der Waals surface area contributed by atoms with E-state index in [4.69, 9.17) is 0 Å². The molecule has 0 heterocycles. The number of benzene rings is 2. The van der Waals surface area contributed by atoms with E-state index in [-0.39, 0.29) is 28.4 Å². The van der Waals surface area contributed by atoms with Gasteiger partial charge < -0.3 is 20.6 Å². The van der Waals surface area contributed by atoms with Gasteiger partial charge in [-0.15, -0.1) is 0 Å². The van der Waals surface area contributed by atoms with Crippen molar-refractivity contribution >= 4 is 28.7 Å². The van der Waals surface area contributed by atoms with Gasteiger partial charge in [0.05, 0.1) is 11.3 Å². The lowest BCUT2D eigenvalue weighted by Gasteiger charge is -2.18. The zero-order valence-corrected chi connectivity index (χ0v) is 15.5. The number of phenols is 1. The van der Waals surface area contributed by atoms with Crippen molar-refractivity contribution in [3.8, 4) is 5.75 Å². The fraction of sp³-hybridized carbons (Fsp3) is 0.150. The third-order valence-electron chi connectivity index (χ3n) is 4.15. The zero-order chi connectivity index (χ0) is 20.6. The predicted octanol–water partition coefficient (Wildman–Crippen LogP) is 2.62. The van der Waals surface area contributed by atoms with Gasteiger partial charge in [-0.05, 0) is 42.8 Å². The maximum Gasteiger partial charge on any atom is 0.257 e. The summed E-state index contributed by atoms with van der Waals surface area (Å²) in [4.78, 5) is 37.4. The zero-order valence-electron chi connectivity index (χ0n) is 15.5. The van der Waals surface area contributed by atoms with E-state index in [2.05, 4.69) is 10.6 Å². The van der Waals surface area contributed by atoms with Crippen LogP contribution in [0.25, 0.3) is 0 Å². The maximum absolute atomic E-state index is 13.6. The fourth-order valence-electron chi connectivity index (χ4n) is 2.78. The molecule has 28 heavy (non-hydrogen) atoms. The number of aryl methyl sites for hydroxylation is 1. The number of para-hydroxylation sites is 1. The number of amides is 1. The molecule has 0 bridgehead atoms. The molecule has 7 nitrogen and oxygen atoms in total. The number of nitrogens with zero attached hydrogens (tertiary/aromatic N) is 1. The quantitative estimate of drug-likeness (QED) is 0.463. The molecule has 0 spiro atoms. The standard InChI is InChI=1S/C20H18FN3O4/c1-10-7-11(21)9-12(8-10)22-15-16(19(27)18(15)26)23-14-6-4-5-13(17(14)25)20(28)24(2)3/h4-9,22-23,25H,1-3H3. The molecule has 0 aliphatic heterocycles. The minimum atomic E-state index is -0.778. The molecule has 0 atom stereocenters. The van der Waals surface area contributed by atoms with Gasteiger partial charge >= 0.3 is 0 Å². The Morgan fingerprint density at radius 2 is 1.68 bits per heavy atom. The lowest BCUT2D eigenvalue weighted by molar-refractivity contribution is 0.0824. The van der Waals surface area contributed by atoms with Crippen LogP contribution in [0.5, 0.6) is 5.75 Å². The van der Waals surface area contributed by atoms with E-state index in [1.807, 2.05) is 0 Å². The Hall–Kier alpha value is -3.68. The first-order chi connectivity index (χ1) is 13.2. The minimum absolute atomic E-state index is 0.0428. The van der Waals surface area contributed by atoms with E-state index < -0.39 is 22.6 Å². The molecule has 0 saturated heterocycles. The Balaban J connectivity index is 1.94. The van der Waals surface area contributed by atoms with Gasteiger partial charge in [-0.1, -0.05) is 6.07 Å². The third kappa shape index (κ3) is 3.44. The molecule has 3 rings (SSSR count). The highest BCUT2D eigenvalue weighted by Crippen LogP contribution is 2.32. The highest BCUT2D eigenvalue weighted by Gasteiger charge is 2.24. The van der Waals surface area contributed by atoms with Crippen LogP contribution < -0.4 is 21.5 Å². The van der Waals surface area contributed by atoms with Gasteiger partial charge in [0.15, 0.2) is 5.75 Å². The Morgan fingerprint density at radius 3 is 2.29 bits per heavy atom. The maximum atomic E-state index is 13.6. The number of nitrogens with one attached hydrogen (secondary N) is 2. The van der Waals surface area contributed by atoms with Gasteiger partial charge in [0.25, 0.3) is 16.8 Å². The molecule has 0 aromatic heterocycles. The second-order valence-electron chi connectivity index (χ2n) is 6.58. The van der Waals surface area contributed by atoms with E-state index in [9.17, 15) is 23.9 Å². The summed E-state index contributed by atoms with van der Waals surface area (Å²) in [6.07, 6.45) is 0. The average Bonchev–Trinajstić information content (AvgIpc) is 2.64. The minimum Gasteiger partial charge on any atom is -0.505 e. The van der Waals surface area contributed by atoms with Gasteiger partial charge in [0.2, 0.25) is 0 Å². The second-order valence-corrected chi connectivity index (χ2v) is 6.58. The summed E-state index contributed by atoms with van der Waals surface area (Å²) in [7, 11) is 3.09. The summed E-state index contributed by atoms with van der Waals surface area (Å²) in [5.41, 5.74) is -0.557. The summed E-state index contributed by atoms with van der Waals surface area (Å²) < 4.78 is 13.6. The molecule has 0 saturated carbocycles. The van der Waals surface area contributed by atoms with Gasteiger partial charge in [0, 0.05) is 19.8 Å². The summed E-state index contributed by atoms with van der Waals surface area (Å²) in [5.74, 6) is -1.25. The van der Waals surface area contributed by atoms with Crippen LogP contribution in [0.3, 0.4) is 0 Å². The van der Waals surface area contributed by atoms with Gasteiger partial charge in [-0.25, -0.2) is 4.39 Å². The van der Waals surface area contributed by atoms with Crippen molar-refractivity contribution in [1.29, 1.82) is 0 Å². The van der Waals surface area contributed by atoms with Crippen molar-refractivity contribution in [1.82, 2.24) is 4.90 Å². The molecule has 144 valence electrons. The Bertz CT molecular complexity index is 1130. The highest BCUT2D eigenvalue weighted by atomic mass is 19.1. The van der Waals surface area contributed by atoms with Gasteiger partial charge in [-0.2, -0.15) is 0 Å². The van der Waals surface area contributed by atoms with Crippen molar-refractivity contribution in [2.45, 2.75) is 6.92 Å². The normalized spacial score (nSPS) is 10.7. The molecular weight excluding hydrogens is 365 g/mol. The van der Waals surface area contributed by atoms with Crippen molar-refractivity contribution < 1.29 is 14.3 Å². The number of carbonyl (C=O) groups excluding carboxylic acids is 1. The first-order valence-corrected chi connectivity index (χ1v) is 8.37. The van der Waals surface area contributed by atoms with Crippen LogP contribution in [0, 0.1) is 12.7 Å². The molecule has 0 aliphatic rings. The topological polar surface area (TPSA) is 98.7 Å². The average molecular weight is 383 g/mol. The van der Waals surface area contributed by atoms with E-state index in [0.717, 1.165) is 0 Å². The first kappa shape index (κ1) is 19.1. The van der Waals surface area contributed by atoms with Crippen LogP contribution in [-0.2, 0) is 0 Å². The largest absolute Gasteiger partial charge is 0.505 e. The Kier molecular flexibility index (Phi) is 4.87. The molecule has 1 amide bonds. The Morgan fingerprint density at radius 1 is 1.04 bits per heavy atom. The van der Waals surface area contributed by atoms with Crippen LogP contribution in [-0.4, -0.2) is 30.0 Å². The number of anilines is 4. The lowest BCUT2D eigenvalue weighted by atomic mass is 10.1. The summed E-state index contributed by atoms with van der Waals surface area (Å²) in [5, 5.41) is 15.8. The molecule has 8 heteroatoms. The van der Waals surface area contributed by atoms with E-state index >= 15 is 0 Å². The summed E-state index contributed by atoms with van der Waals surface area (Å²) in [6, 6.07) is 8.60. The molecule has 0 unspecified atom stereocenters. The molecule has 0 aliphatic carbocycles.